The zero-order chi connectivity index (χ0) is 14.7. The number of aromatic amines is 1. The van der Waals surface area contributed by atoms with Gasteiger partial charge in [0.1, 0.15) is 17.7 Å². The van der Waals surface area contributed by atoms with Gasteiger partial charge in [-0.1, -0.05) is 6.92 Å². The molecular weight excluding hydrogens is 268 g/mol. The van der Waals surface area contributed by atoms with Crippen LogP contribution in [0.25, 0.3) is 5.69 Å². The quantitative estimate of drug-likeness (QED) is 0.916. The monoisotopic (exact) mass is 283 g/mol. The molecule has 5 nitrogen and oxygen atoms in total. The van der Waals surface area contributed by atoms with Crippen LogP contribution >= 0.6 is 0 Å². The molecule has 0 aliphatic carbocycles. The van der Waals surface area contributed by atoms with E-state index in [1.54, 1.807) is 0 Å². The molecule has 0 saturated carbocycles. The minimum absolute atomic E-state index is 0.0571. The minimum Gasteiger partial charge on any atom is -0.370 e. The summed E-state index contributed by atoms with van der Waals surface area (Å²) < 4.78 is 33.4. The predicted molar refractivity (Wildman–Crippen MR) is 68.8 cm³/mol. The molecule has 0 fully saturated rings. The van der Waals surface area contributed by atoms with Crippen LogP contribution in [0.5, 0.6) is 0 Å². The zero-order valence-corrected chi connectivity index (χ0v) is 11.2. The molecule has 108 valence electrons. The second-order valence-electron chi connectivity index (χ2n) is 4.17. The third-order valence-corrected chi connectivity index (χ3v) is 2.88. The van der Waals surface area contributed by atoms with Gasteiger partial charge >= 0.3 is 5.69 Å². The van der Waals surface area contributed by atoms with Crippen molar-refractivity contribution in [1.29, 1.82) is 0 Å². The first kappa shape index (κ1) is 14.4. The Hall–Kier alpha value is -2.02. The molecule has 0 bridgehead atoms. The van der Waals surface area contributed by atoms with E-state index in [0.717, 1.165) is 16.7 Å². The van der Waals surface area contributed by atoms with Crippen LogP contribution < -0.4 is 5.69 Å². The van der Waals surface area contributed by atoms with Gasteiger partial charge in [0.15, 0.2) is 5.82 Å². The highest BCUT2D eigenvalue weighted by molar-refractivity contribution is 5.35. The first-order valence-electron chi connectivity index (χ1n) is 6.32. The zero-order valence-electron chi connectivity index (χ0n) is 11.2. The largest absolute Gasteiger partial charge is 0.370 e. The van der Waals surface area contributed by atoms with E-state index in [-0.39, 0.29) is 11.5 Å². The van der Waals surface area contributed by atoms with Crippen molar-refractivity contribution < 1.29 is 13.5 Å². The minimum atomic E-state index is -0.832. The third kappa shape index (κ3) is 2.62. The van der Waals surface area contributed by atoms with Crippen molar-refractivity contribution in [3.63, 3.8) is 0 Å². The van der Waals surface area contributed by atoms with Crippen molar-refractivity contribution in [2.45, 2.75) is 26.4 Å². The van der Waals surface area contributed by atoms with Gasteiger partial charge in [-0.2, -0.15) is 5.10 Å². The molecule has 1 unspecified atom stereocenters. The van der Waals surface area contributed by atoms with Crippen LogP contribution in [0, 0.1) is 11.6 Å². The molecule has 0 radical (unpaired) electrons. The summed E-state index contributed by atoms with van der Waals surface area (Å²) in [5.41, 5.74) is -0.651. The van der Waals surface area contributed by atoms with Crippen molar-refractivity contribution in [2.24, 2.45) is 0 Å². The average molecular weight is 283 g/mol. The Labute approximate surface area is 114 Å². The van der Waals surface area contributed by atoms with E-state index in [9.17, 15) is 13.6 Å². The lowest BCUT2D eigenvalue weighted by Crippen LogP contribution is -2.20. The summed E-state index contributed by atoms with van der Waals surface area (Å²) in [5, 5.41) is 6.15. The number of rotatable bonds is 5. The van der Waals surface area contributed by atoms with E-state index in [1.807, 2.05) is 13.8 Å². The van der Waals surface area contributed by atoms with E-state index in [0.29, 0.717) is 13.0 Å². The number of H-pyrrole nitrogens is 1. The Balaban J connectivity index is 2.56. The standard InChI is InChI=1S/C13H15F2N3O2/c1-3-11(20-4-2)12-16-17-13(19)18(12)10-6-5-8(14)7-9(10)15/h5-7,11H,3-4H2,1-2H3,(H,17,19). The SMILES string of the molecule is CCOC(CC)c1n[nH]c(=O)n1-c1ccc(F)cc1F. The number of nitrogens with one attached hydrogen (secondary N) is 1. The third-order valence-electron chi connectivity index (χ3n) is 2.88. The highest BCUT2D eigenvalue weighted by atomic mass is 19.1. The van der Waals surface area contributed by atoms with Crippen LogP contribution in [0.4, 0.5) is 8.78 Å². The highest BCUT2D eigenvalue weighted by Crippen LogP contribution is 2.22. The van der Waals surface area contributed by atoms with Crippen LogP contribution in [0.1, 0.15) is 32.2 Å². The molecule has 0 aliphatic heterocycles. The van der Waals surface area contributed by atoms with Gasteiger partial charge in [-0.3, -0.25) is 0 Å². The second kappa shape index (κ2) is 5.96. The van der Waals surface area contributed by atoms with Crippen molar-refractivity contribution in [1.82, 2.24) is 14.8 Å². The van der Waals surface area contributed by atoms with Crippen molar-refractivity contribution in [3.05, 3.63) is 46.1 Å². The maximum Gasteiger partial charge on any atom is 0.348 e. The molecule has 1 N–H and O–H groups in total. The first-order valence-corrected chi connectivity index (χ1v) is 6.32. The molecule has 2 aromatic rings. The molecule has 1 aromatic heterocycles. The van der Waals surface area contributed by atoms with Gasteiger partial charge < -0.3 is 4.74 Å². The number of hydrogen-bond donors (Lipinski definition) is 1. The normalized spacial score (nSPS) is 12.6. The molecule has 0 amide bonds. The summed E-state index contributed by atoms with van der Waals surface area (Å²) in [6.07, 6.45) is 0.129. The molecule has 2 rings (SSSR count). The van der Waals surface area contributed by atoms with Gasteiger partial charge in [-0.25, -0.2) is 23.2 Å². The van der Waals surface area contributed by atoms with E-state index in [2.05, 4.69) is 10.2 Å². The fourth-order valence-electron chi connectivity index (χ4n) is 2.00. The van der Waals surface area contributed by atoms with E-state index in [4.69, 9.17) is 4.74 Å². The Morgan fingerprint density at radius 2 is 2.15 bits per heavy atom. The Morgan fingerprint density at radius 3 is 2.75 bits per heavy atom. The second-order valence-corrected chi connectivity index (χ2v) is 4.17. The molecule has 0 aliphatic rings. The summed E-state index contributed by atoms with van der Waals surface area (Å²) in [7, 11) is 0. The number of nitrogens with zero attached hydrogens (tertiary/aromatic N) is 2. The highest BCUT2D eigenvalue weighted by Gasteiger charge is 2.21. The molecule has 0 saturated heterocycles. The fraction of sp³-hybridized carbons (Fsp3) is 0.385. The smallest absolute Gasteiger partial charge is 0.348 e. The predicted octanol–water partition coefficient (Wildman–Crippen LogP) is 2.33. The molecule has 1 atom stereocenters. The van der Waals surface area contributed by atoms with Crippen molar-refractivity contribution in [3.8, 4) is 5.69 Å². The maximum atomic E-state index is 13.8. The Kier molecular flexibility index (Phi) is 4.29. The summed E-state index contributed by atoms with van der Waals surface area (Å²) in [4.78, 5) is 11.8. The molecule has 20 heavy (non-hydrogen) atoms. The Morgan fingerprint density at radius 1 is 1.40 bits per heavy atom. The van der Waals surface area contributed by atoms with Crippen molar-refractivity contribution >= 4 is 0 Å². The number of halogens is 2. The average Bonchev–Trinajstić information content (AvgIpc) is 2.78. The van der Waals surface area contributed by atoms with E-state index in [1.165, 1.54) is 6.07 Å². The van der Waals surface area contributed by atoms with Crippen LogP contribution in [0.2, 0.25) is 0 Å². The number of ether oxygens (including phenoxy) is 1. The van der Waals surface area contributed by atoms with Crippen LogP contribution in [-0.4, -0.2) is 21.4 Å². The number of aromatic nitrogens is 3. The molecule has 7 heteroatoms. The van der Waals surface area contributed by atoms with Crippen LogP contribution in [0.3, 0.4) is 0 Å². The molecule has 1 aromatic carbocycles. The fourth-order valence-corrected chi connectivity index (χ4v) is 2.00. The van der Waals surface area contributed by atoms with Gasteiger partial charge in [-0.15, -0.1) is 0 Å². The van der Waals surface area contributed by atoms with Crippen LogP contribution in [-0.2, 0) is 4.74 Å². The summed E-state index contributed by atoms with van der Waals surface area (Å²) in [6, 6.07) is 3.01. The van der Waals surface area contributed by atoms with Gasteiger partial charge in [0.2, 0.25) is 0 Å². The molecule has 1 heterocycles. The maximum absolute atomic E-state index is 13.8. The van der Waals surface area contributed by atoms with Gasteiger partial charge in [-0.05, 0) is 25.5 Å². The number of hydrogen-bond acceptors (Lipinski definition) is 3. The summed E-state index contributed by atoms with van der Waals surface area (Å²) in [6.45, 7) is 4.12. The Bertz CT molecular complexity index is 651. The van der Waals surface area contributed by atoms with Gasteiger partial charge in [0.05, 0.1) is 5.69 Å². The van der Waals surface area contributed by atoms with Gasteiger partial charge in [0.25, 0.3) is 0 Å². The van der Waals surface area contributed by atoms with Gasteiger partial charge in [0, 0.05) is 12.7 Å². The summed E-state index contributed by atoms with van der Waals surface area (Å²) in [5.74, 6) is -1.27. The molecular formula is C13H15F2N3O2. The van der Waals surface area contributed by atoms with Crippen molar-refractivity contribution in [2.75, 3.05) is 6.61 Å². The summed E-state index contributed by atoms with van der Waals surface area (Å²) >= 11 is 0. The van der Waals surface area contributed by atoms with E-state index >= 15 is 0 Å². The van der Waals surface area contributed by atoms with Crippen LogP contribution in [0.15, 0.2) is 23.0 Å². The topological polar surface area (TPSA) is 59.9 Å². The van der Waals surface area contributed by atoms with E-state index < -0.39 is 23.4 Å². The lowest BCUT2D eigenvalue weighted by molar-refractivity contribution is 0.0521. The number of benzene rings is 1. The first-order chi connectivity index (χ1) is 9.58. The molecule has 0 spiro atoms. The lowest BCUT2D eigenvalue weighted by atomic mass is 10.2. The lowest BCUT2D eigenvalue weighted by Gasteiger charge is -2.15.